The maximum atomic E-state index is 12.6. The molecular formula is C31H40N8O2. The first kappa shape index (κ1) is 27.4. The van der Waals surface area contributed by atoms with Crippen LogP contribution in [0.15, 0.2) is 49.1 Å². The summed E-state index contributed by atoms with van der Waals surface area (Å²) in [7, 11) is 0. The van der Waals surface area contributed by atoms with E-state index in [1.165, 1.54) is 19.3 Å². The van der Waals surface area contributed by atoms with E-state index in [9.17, 15) is 9.59 Å². The van der Waals surface area contributed by atoms with E-state index in [0.717, 1.165) is 66.6 Å². The molecule has 2 amide bonds. The number of nitrogens with one attached hydrogen (secondary N) is 6. The van der Waals surface area contributed by atoms with Crippen molar-refractivity contribution in [3.63, 3.8) is 0 Å². The molecule has 4 aromatic rings. The minimum absolute atomic E-state index is 0.0318. The Bertz CT molecular complexity index is 1530. The molecule has 3 aliphatic carbocycles. The van der Waals surface area contributed by atoms with Gasteiger partial charge in [-0.25, -0.2) is 9.97 Å². The molecule has 3 saturated carbocycles. The number of rotatable bonds is 9. The lowest BCUT2D eigenvalue weighted by Crippen LogP contribution is -2.64. The van der Waals surface area contributed by atoms with Crippen LogP contribution >= 0.6 is 0 Å². The van der Waals surface area contributed by atoms with E-state index < -0.39 is 0 Å². The first-order valence-electron chi connectivity index (χ1n) is 14.9. The van der Waals surface area contributed by atoms with Gasteiger partial charge in [-0.15, -0.1) is 0 Å². The fourth-order valence-corrected chi connectivity index (χ4v) is 5.79. The lowest BCUT2D eigenvalue weighted by Gasteiger charge is -2.44. The Morgan fingerprint density at radius 1 is 0.829 bits per heavy atom. The number of benzene rings is 2. The predicted octanol–water partition coefficient (Wildman–Crippen LogP) is 4.34. The van der Waals surface area contributed by atoms with Crippen molar-refractivity contribution in [1.82, 2.24) is 41.2 Å². The van der Waals surface area contributed by atoms with E-state index >= 15 is 0 Å². The van der Waals surface area contributed by atoms with Crippen LogP contribution in [0.5, 0.6) is 0 Å². The molecule has 10 heteroatoms. The first-order valence-corrected chi connectivity index (χ1v) is 14.9. The molecule has 3 aliphatic rings. The highest BCUT2D eigenvalue weighted by Crippen LogP contribution is 2.34. The number of imidazole rings is 2. The molecule has 0 aliphatic heterocycles. The van der Waals surface area contributed by atoms with Crippen LogP contribution in [0, 0.1) is 5.92 Å². The Balaban J connectivity index is 0.000000148. The molecule has 41 heavy (non-hydrogen) atoms. The van der Waals surface area contributed by atoms with Crippen molar-refractivity contribution in [3.8, 4) is 0 Å². The summed E-state index contributed by atoms with van der Waals surface area (Å²) in [6.07, 6.45) is 12.2. The zero-order valence-corrected chi connectivity index (χ0v) is 23.8. The summed E-state index contributed by atoms with van der Waals surface area (Å²) in [5.74, 6) is 0.723. The summed E-state index contributed by atoms with van der Waals surface area (Å²) < 4.78 is 0. The molecule has 0 atom stereocenters. The molecule has 3 fully saturated rings. The van der Waals surface area contributed by atoms with Gasteiger partial charge in [0.15, 0.2) is 0 Å². The maximum absolute atomic E-state index is 12.6. The van der Waals surface area contributed by atoms with Gasteiger partial charge in [-0.1, -0.05) is 12.1 Å². The number of carbonyl (C=O) groups is 2. The van der Waals surface area contributed by atoms with E-state index in [1.54, 1.807) is 12.7 Å². The van der Waals surface area contributed by atoms with Crippen LogP contribution in [0.3, 0.4) is 0 Å². The van der Waals surface area contributed by atoms with Gasteiger partial charge in [0.1, 0.15) is 11.0 Å². The molecule has 0 radical (unpaired) electrons. The van der Waals surface area contributed by atoms with Crippen LogP contribution in [-0.2, 0) is 0 Å². The molecule has 0 saturated heterocycles. The fraction of sp³-hybridized carbons (Fsp3) is 0.484. The minimum Gasteiger partial charge on any atom is -0.345 e. The van der Waals surface area contributed by atoms with Gasteiger partial charge < -0.3 is 20.6 Å². The third kappa shape index (κ3) is 5.99. The van der Waals surface area contributed by atoms with Gasteiger partial charge >= 0.3 is 0 Å². The number of aromatic nitrogens is 4. The second-order valence-electron chi connectivity index (χ2n) is 12.1. The largest absolute Gasteiger partial charge is 0.345 e. The summed E-state index contributed by atoms with van der Waals surface area (Å²) in [5, 5.41) is 13.4. The molecule has 0 bridgehead atoms. The Kier molecular flexibility index (Phi) is 7.52. The quantitative estimate of drug-likeness (QED) is 0.170. The predicted molar refractivity (Wildman–Crippen MR) is 159 cm³/mol. The van der Waals surface area contributed by atoms with Gasteiger partial charge in [0.2, 0.25) is 0 Å². The number of nitrogens with zero attached hydrogens (tertiary/aromatic N) is 2. The van der Waals surface area contributed by atoms with Crippen molar-refractivity contribution in [2.24, 2.45) is 5.92 Å². The zero-order valence-electron chi connectivity index (χ0n) is 23.8. The highest BCUT2D eigenvalue weighted by Gasteiger charge is 2.40. The Morgan fingerprint density at radius 3 is 1.78 bits per heavy atom. The molecule has 0 unspecified atom stereocenters. The van der Waals surface area contributed by atoms with Crippen molar-refractivity contribution in [2.45, 2.75) is 82.6 Å². The number of fused-ring (bicyclic) bond motifs is 2. The summed E-state index contributed by atoms with van der Waals surface area (Å²) >= 11 is 0. The zero-order chi connectivity index (χ0) is 28.5. The standard InChI is InChI=1S/C16H20N4O.C15H20N4O/c21-15(12-3-1-4-13-14(12)18-10-17-13)20-16(7-2-8-16)19-9-11-5-6-11;1-10(2)18-15(7-4-8-15)19-14(20)11-5-3-6-12-13(11)17-9-16-12/h1,3-4,10-11,19H,2,5-9H2,(H,17,18)(H,20,21);3,5-6,9-10,18H,4,7-8H2,1-2H3,(H,16,17)(H,19,20). The molecule has 10 nitrogen and oxygen atoms in total. The third-order valence-electron chi connectivity index (χ3n) is 8.50. The Morgan fingerprint density at radius 2 is 1.34 bits per heavy atom. The number of amides is 2. The van der Waals surface area contributed by atoms with E-state index in [0.29, 0.717) is 17.2 Å². The van der Waals surface area contributed by atoms with Crippen LogP contribution in [0.2, 0.25) is 0 Å². The molecule has 2 aromatic carbocycles. The number of aromatic amines is 2. The fourth-order valence-electron chi connectivity index (χ4n) is 5.79. The highest BCUT2D eigenvalue weighted by atomic mass is 16.2. The molecule has 0 spiro atoms. The Hall–Kier alpha value is -3.76. The van der Waals surface area contributed by atoms with Crippen molar-refractivity contribution in [2.75, 3.05) is 6.54 Å². The molecular weight excluding hydrogens is 516 g/mol. The van der Waals surface area contributed by atoms with Crippen molar-refractivity contribution >= 4 is 33.9 Å². The smallest absolute Gasteiger partial charge is 0.254 e. The number of para-hydroxylation sites is 2. The molecule has 2 heterocycles. The van der Waals surface area contributed by atoms with Crippen molar-refractivity contribution in [1.29, 1.82) is 0 Å². The van der Waals surface area contributed by atoms with E-state index in [-0.39, 0.29) is 23.1 Å². The third-order valence-corrected chi connectivity index (χ3v) is 8.50. The lowest BCUT2D eigenvalue weighted by molar-refractivity contribution is 0.0733. The molecule has 2 aromatic heterocycles. The topological polar surface area (TPSA) is 140 Å². The van der Waals surface area contributed by atoms with Gasteiger partial charge in [0, 0.05) is 12.6 Å². The van der Waals surface area contributed by atoms with Crippen LogP contribution in [0.25, 0.3) is 22.1 Å². The SMILES string of the molecule is CC(C)NC1(NC(=O)c2cccc3[nH]cnc23)CCC1.O=C(NC1(NCC2CC2)CCC1)c1cccc2[nH]cnc12. The first-order chi connectivity index (χ1) is 19.9. The van der Waals surface area contributed by atoms with Crippen LogP contribution in [0.4, 0.5) is 0 Å². The number of hydrogen-bond acceptors (Lipinski definition) is 6. The van der Waals surface area contributed by atoms with Gasteiger partial charge in [-0.3, -0.25) is 20.2 Å². The number of carbonyl (C=O) groups excluding carboxylic acids is 2. The van der Waals surface area contributed by atoms with Gasteiger partial charge in [-0.2, -0.15) is 0 Å². The molecule has 6 N–H and O–H groups in total. The van der Waals surface area contributed by atoms with Crippen molar-refractivity contribution in [3.05, 3.63) is 60.2 Å². The summed E-state index contributed by atoms with van der Waals surface area (Å²) in [6, 6.07) is 11.6. The average molecular weight is 557 g/mol. The van der Waals surface area contributed by atoms with E-state index in [2.05, 4.69) is 55.1 Å². The number of H-pyrrole nitrogens is 2. The second-order valence-corrected chi connectivity index (χ2v) is 12.1. The van der Waals surface area contributed by atoms with Gasteiger partial charge in [0.05, 0.1) is 46.1 Å². The van der Waals surface area contributed by atoms with Crippen molar-refractivity contribution < 1.29 is 9.59 Å². The number of hydrogen-bond donors (Lipinski definition) is 6. The molecule has 216 valence electrons. The Labute approximate surface area is 239 Å². The van der Waals surface area contributed by atoms with E-state index in [1.807, 2.05) is 36.4 Å². The van der Waals surface area contributed by atoms with Gasteiger partial charge in [-0.05, 0) is 95.4 Å². The average Bonchev–Trinajstić information content (AvgIpc) is 3.40. The highest BCUT2D eigenvalue weighted by molar-refractivity contribution is 6.05. The van der Waals surface area contributed by atoms with Crippen LogP contribution in [-0.4, -0.2) is 55.7 Å². The summed E-state index contributed by atoms with van der Waals surface area (Å²) in [5.41, 5.74) is 4.08. The normalized spacial score (nSPS) is 18.7. The van der Waals surface area contributed by atoms with Crippen LogP contribution in [0.1, 0.15) is 85.9 Å². The summed E-state index contributed by atoms with van der Waals surface area (Å²) in [6.45, 7) is 5.22. The van der Waals surface area contributed by atoms with Crippen LogP contribution < -0.4 is 21.3 Å². The summed E-state index contributed by atoms with van der Waals surface area (Å²) in [4.78, 5) is 39.7. The second kappa shape index (κ2) is 11.3. The monoisotopic (exact) mass is 556 g/mol. The van der Waals surface area contributed by atoms with Gasteiger partial charge in [0.25, 0.3) is 11.8 Å². The molecule has 7 rings (SSSR count). The minimum atomic E-state index is -0.246. The lowest BCUT2D eigenvalue weighted by atomic mass is 9.84. The van der Waals surface area contributed by atoms with E-state index in [4.69, 9.17) is 0 Å². The maximum Gasteiger partial charge on any atom is 0.254 e.